The summed E-state index contributed by atoms with van der Waals surface area (Å²) in [6, 6.07) is 60.7. The summed E-state index contributed by atoms with van der Waals surface area (Å²) in [5, 5.41) is 5.46. The molecule has 2 aliphatic heterocycles. The number of para-hydroxylation sites is 2. The number of rotatable bonds is 4. The first-order chi connectivity index (χ1) is 29.8. The van der Waals surface area contributed by atoms with Crippen molar-refractivity contribution >= 4 is 44.3 Å². The number of anilines is 4. The zero-order valence-electron chi connectivity index (χ0n) is 35.8. The van der Waals surface area contributed by atoms with Crippen molar-refractivity contribution < 1.29 is 0 Å². The van der Waals surface area contributed by atoms with E-state index in [4.69, 9.17) is 0 Å². The molecule has 2 heterocycles. The zero-order chi connectivity index (χ0) is 40.8. The molecule has 2 nitrogen and oxygen atoms in total. The van der Waals surface area contributed by atoms with E-state index in [1.807, 2.05) is 0 Å². The molecule has 0 saturated heterocycles. The standard InChI is InChI=1S/C59H52N2/c1-36-27-29-58(3)56(36)51-33-40(21-25-53(51)60(58)43-13-7-5-8-14-43)38-19-23-45-42(31-38)35-50-47-24-20-39(32-49(47)46-17-11-12-18-48(46)55(45)50)41-22-26-54-52(34-41)57-37(2)28-30-59(57,4)61(54)44-15-9-6-10-16-44/h5-26,31-34,36-37,56-57H,27-30,35H2,1-4H3. The quantitative estimate of drug-likeness (QED) is 0.164. The lowest BCUT2D eigenvalue weighted by molar-refractivity contribution is 0.414. The first kappa shape index (κ1) is 35.6. The third-order valence-corrected chi connectivity index (χ3v) is 16.5. The summed E-state index contributed by atoms with van der Waals surface area (Å²) in [7, 11) is 0. The van der Waals surface area contributed by atoms with Gasteiger partial charge in [0.05, 0.1) is 0 Å². The fourth-order valence-electron chi connectivity index (χ4n) is 13.9. The molecule has 2 fully saturated rings. The summed E-state index contributed by atoms with van der Waals surface area (Å²) in [5.74, 6) is 2.35. The van der Waals surface area contributed by atoms with E-state index >= 15 is 0 Å². The van der Waals surface area contributed by atoms with Crippen molar-refractivity contribution in [2.24, 2.45) is 11.8 Å². The SMILES string of the molecule is CC1CCC2(C)C1c1cc(-c3ccc4c(c3)Cc3c-4c4ccccc4c4cc(-c5ccc6c(c5)C5C(C)CCC5(C)N6c5ccccc5)ccc34)ccc1N2c1ccccc1. The molecule has 8 aromatic rings. The van der Waals surface area contributed by atoms with Crippen molar-refractivity contribution in [2.45, 2.75) is 82.7 Å². The van der Waals surface area contributed by atoms with Crippen molar-refractivity contribution in [3.05, 3.63) is 180 Å². The summed E-state index contributed by atoms with van der Waals surface area (Å²) in [4.78, 5) is 5.33. The van der Waals surface area contributed by atoms with Gasteiger partial charge in [0.15, 0.2) is 0 Å². The highest BCUT2D eigenvalue weighted by Crippen LogP contribution is 2.63. The molecule has 3 aliphatic carbocycles. The van der Waals surface area contributed by atoms with Crippen LogP contribution in [0.1, 0.15) is 87.5 Å². The van der Waals surface area contributed by atoms with Crippen LogP contribution < -0.4 is 9.80 Å². The third kappa shape index (κ3) is 4.85. The fourth-order valence-corrected chi connectivity index (χ4v) is 13.9. The number of hydrogen-bond donors (Lipinski definition) is 0. The van der Waals surface area contributed by atoms with E-state index in [0.29, 0.717) is 23.7 Å². The summed E-state index contributed by atoms with van der Waals surface area (Å²) < 4.78 is 0. The number of benzene rings is 8. The van der Waals surface area contributed by atoms with Gasteiger partial charge >= 0.3 is 0 Å². The van der Waals surface area contributed by atoms with Crippen molar-refractivity contribution in [1.82, 2.24) is 0 Å². The van der Waals surface area contributed by atoms with E-state index in [-0.39, 0.29) is 11.1 Å². The van der Waals surface area contributed by atoms with Gasteiger partial charge in [-0.15, -0.1) is 0 Å². The maximum absolute atomic E-state index is 2.66. The highest BCUT2D eigenvalue weighted by molar-refractivity contribution is 6.18. The van der Waals surface area contributed by atoms with Crippen molar-refractivity contribution in [2.75, 3.05) is 9.80 Å². The second-order valence-electron chi connectivity index (χ2n) is 19.8. The first-order valence-corrected chi connectivity index (χ1v) is 22.9. The Morgan fingerprint density at radius 3 is 1.54 bits per heavy atom. The Labute approximate surface area is 360 Å². The molecule has 13 rings (SSSR count). The van der Waals surface area contributed by atoms with Gasteiger partial charge in [0.25, 0.3) is 0 Å². The lowest BCUT2D eigenvalue weighted by Crippen LogP contribution is -2.40. The number of hydrogen-bond acceptors (Lipinski definition) is 2. The van der Waals surface area contributed by atoms with Gasteiger partial charge in [0.1, 0.15) is 0 Å². The largest absolute Gasteiger partial charge is 0.335 e. The maximum atomic E-state index is 2.66. The van der Waals surface area contributed by atoms with Crippen molar-refractivity contribution in [3.63, 3.8) is 0 Å². The molecule has 61 heavy (non-hydrogen) atoms. The second kappa shape index (κ2) is 12.7. The van der Waals surface area contributed by atoms with Crippen LogP contribution in [0.25, 0.3) is 54.9 Å². The van der Waals surface area contributed by atoms with E-state index < -0.39 is 0 Å². The Bertz CT molecular complexity index is 3110. The predicted octanol–water partition coefficient (Wildman–Crippen LogP) is 15.7. The van der Waals surface area contributed by atoms with Crippen LogP contribution in [0.4, 0.5) is 22.7 Å². The Kier molecular flexibility index (Phi) is 7.42. The van der Waals surface area contributed by atoms with Crippen LogP contribution in [0, 0.1) is 11.8 Å². The zero-order valence-corrected chi connectivity index (χ0v) is 35.8. The van der Waals surface area contributed by atoms with Crippen LogP contribution in [0.15, 0.2) is 158 Å². The lowest BCUT2D eigenvalue weighted by atomic mass is 9.81. The molecule has 5 aliphatic rings. The number of nitrogens with zero attached hydrogens (tertiary/aromatic N) is 2. The molecule has 2 heteroatoms. The molecule has 0 bridgehead atoms. The van der Waals surface area contributed by atoms with Gasteiger partial charge in [-0.25, -0.2) is 0 Å². The van der Waals surface area contributed by atoms with Gasteiger partial charge in [0.2, 0.25) is 0 Å². The van der Waals surface area contributed by atoms with Gasteiger partial charge in [-0.3, -0.25) is 0 Å². The Balaban J connectivity index is 0.889. The molecule has 6 unspecified atom stereocenters. The van der Waals surface area contributed by atoms with Gasteiger partial charge in [0, 0.05) is 45.7 Å². The summed E-state index contributed by atoms with van der Waals surface area (Å²) in [6.45, 7) is 9.96. The summed E-state index contributed by atoms with van der Waals surface area (Å²) in [6.07, 6.45) is 5.93. The topological polar surface area (TPSA) is 6.48 Å². The molecule has 0 amide bonds. The van der Waals surface area contributed by atoms with Gasteiger partial charge in [-0.2, -0.15) is 0 Å². The van der Waals surface area contributed by atoms with E-state index in [2.05, 4.69) is 195 Å². The van der Waals surface area contributed by atoms with Gasteiger partial charge < -0.3 is 9.80 Å². The van der Waals surface area contributed by atoms with Crippen molar-refractivity contribution in [1.29, 1.82) is 0 Å². The average Bonchev–Trinajstić information content (AvgIpc) is 4.05. The Hall–Kier alpha value is -6.12. The highest BCUT2D eigenvalue weighted by atomic mass is 15.3. The smallest absolute Gasteiger partial charge is 0.0495 e. The van der Waals surface area contributed by atoms with E-state index in [1.165, 1.54) is 126 Å². The minimum Gasteiger partial charge on any atom is -0.335 e. The second-order valence-corrected chi connectivity index (χ2v) is 19.8. The van der Waals surface area contributed by atoms with E-state index in [1.54, 1.807) is 0 Å². The lowest BCUT2D eigenvalue weighted by Gasteiger charge is -2.38. The summed E-state index contributed by atoms with van der Waals surface area (Å²) in [5.41, 5.74) is 19.6. The molecular formula is C59H52N2. The summed E-state index contributed by atoms with van der Waals surface area (Å²) >= 11 is 0. The Morgan fingerprint density at radius 2 is 0.951 bits per heavy atom. The minimum absolute atomic E-state index is 0.0940. The normalized spacial score (nSPS) is 25.4. The molecule has 6 atom stereocenters. The maximum Gasteiger partial charge on any atom is 0.0495 e. The number of fused-ring (bicyclic) bond motifs is 14. The molecule has 0 aromatic heterocycles. The van der Waals surface area contributed by atoms with E-state index in [9.17, 15) is 0 Å². The average molecular weight is 789 g/mol. The highest BCUT2D eigenvalue weighted by Gasteiger charge is 2.55. The van der Waals surface area contributed by atoms with Gasteiger partial charge in [-0.1, -0.05) is 117 Å². The predicted molar refractivity (Wildman–Crippen MR) is 257 cm³/mol. The van der Waals surface area contributed by atoms with Crippen LogP contribution in [0.2, 0.25) is 0 Å². The van der Waals surface area contributed by atoms with E-state index in [0.717, 1.165) is 6.42 Å². The van der Waals surface area contributed by atoms with Gasteiger partial charge in [-0.05, 0) is 190 Å². The Morgan fingerprint density at radius 1 is 0.459 bits per heavy atom. The van der Waals surface area contributed by atoms with Crippen LogP contribution >= 0.6 is 0 Å². The fraction of sp³-hybridized carbons (Fsp3) is 0.254. The molecule has 8 aromatic carbocycles. The van der Waals surface area contributed by atoms with Crippen molar-refractivity contribution in [3.8, 4) is 33.4 Å². The van der Waals surface area contributed by atoms with Crippen LogP contribution in [0.3, 0.4) is 0 Å². The molecule has 0 radical (unpaired) electrons. The molecule has 0 spiro atoms. The first-order valence-electron chi connectivity index (χ1n) is 22.9. The third-order valence-electron chi connectivity index (χ3n) is 16.5. The molecule has 298 valence electrons. The molecular weight excluding hydrogens is 737 g/mol. The monoisotopic (exact) mass is 788 g/mol. The molecule has 2 saturated carbocycles. The van der Waals surface area contributed by atoms with Crippen LogP contribution in [-0.4, -0.2) is 11.1 Å². The molecule has 0 N–H and O–H groups in total. The minimum atomic E-state index is 0.0940. The van der Waals surface area contributed by atoms with Crippen LogP contribution in [-0.2, 0) is 6.42 Å². The van der Waals surface area contributed by atoms with Crippen LogP contribution in [0.5, 0.6) is 0 Å².